The van der Waals surface area contributed by atoms with E-state index >= 15 is 0 Å². The van der Waals surface area contributed by atoms with Crippen LogP contribution in [0.2, 0.25) is 0 Å². The van der Waals surface area contributed by atoms with Gasteiger partial charge in [0, 0.05) is 17.9 Å². The number of rotatable bonds is 6. The lowest BCUT2D eigenvalue weighted by atomic mass is 10.2. The third-order valence-corrected chi connectivity index (χ3v) is 3.49. The molecule has 0 unspecified atom stereocenters. The van der Waals surface area contributed by atoms with Crippen molar-refractivity contribution in [3.8, 4) is 11.4 Å². The Bertz CT molecular complexity index is 505. The second-order valence-electron chi connectivity index (χ2n) is 3.92. The highest BCUT2D eigenvalue weighted by Crippen LogP contribution is 2.24. The van der Waals surface area contributed by atoms with E-state index < -0.39 is 0 Å². The highest BCUT2D eigenvalue weighted by molar-refractivity contribution is 7.99. The molecule has 3 nitrogen and oxygen atoms in total. The molecule has 0 N–H and O–H groups in total. The fourth-order valence-corrected chi connectivity index (χ4v) is 2.45. The Balaban J connectivity index is 2.35. The van der Waals surface area contributed by atoms with E-state index in [2.05, 4.69) is 40.4 Å². The van der Waals surface area contributed by atoms with Gasteiger partial charge >= 0.3 is 0 Å². The number of hydrogen-bond donors (Lipinski definition) is 0. The predicted molar refractivity (Wildman–Crippen MR) is 76.7 cm³/mol. The van der Waals surface area contributed by atoms with Crippen molar-refractivity contribution in [1.29, 1.82) is 0 Å². The van der Waals surface area contributed by atoms with Crippen molar-refractivity contribution < 1.29 is 0 Å². The topological polar surface area (TPSA) is 30.7 Å². The van der Waals surface area contributed by atoms with Crippen molar-refractivity contribution in [2.45, 2.75) is 25.0 Å². The van der Waals surface area contributed by atoms with Crippen LogP contribution in [0.15, 0.2) is 48.1 Å². The molecule has 18 heavy (non-hydrogen) atoms. The lowest BCUT2D eigenvalue weighted by molar-refractivity contribution is 0.626. The van der Waals surface area contributed by atoms with Crippen molar-refractivity contribution in [3.05, 3.63) is 43.0 Å². The maximum absolute atomic E-state index is 4.32. The van der Waals surface area contributed by atoms with Gasteiger partial charge in [0.1, 0.15) is 0 Å². The molecule has 0 spiro atoms. The zero-order chi connectivity index (χ0) is 12.8. The Hall–Kier alpha value is -1.55. The summed E-state index contributed by atoms with van der Waals surface area (Å²) in [4.78, 5) is 0. The van der Waals surface area contributed by atoms with E-state index in [9.17, 15) is 0 Å². The van der Waals surface area contributed by atoms with Crippen molar-refractivity contribution in [2.75, 3.05) is 5.75 Å². The highest BCUT2D eigenvalue weighted by Gasteiger charge is 2.12. The molecular weight excluding hydrogens is 242 g/mol. The van der Waals surface area contributed by atoms with E-state index in [0.29, 0.717) is 0 Å². The molecule has 1 heterocycles. The molecule has 94 valence electrons. The van der Waals surface area contributed by atoms with Gasteiger partial charge in [0.2, 0.25) is 0 Å². The van der Waals surface area contributed by atoms with Crippen molar-refractivity contribution in [3.63, 3.8) is 0 Å². The number of benzene rings is 1. The molecule has 1 aromatic heterocycles. The Morgan fingerprint density at radius 1 is 1.28 bits per heavy atom. The zero-order valence-electron chi connectivity index (χ0n) is 10.5. The van der Waals surface area contributed by atoms with Crippen LogP contribution in [0, 0.1) is 0 Å². The smallest absolute Gasteiger partial charge is 0.191 e. The Labute approximate surface area is 112 Å². The van der Waals surface area contributed by atoms with E-state index in [1.165, 1.54) is 0 Å². The van der Waals surface area contributed by atoms with Crippen molar-refractivity contribution in [1.82, 2.24) is 14.8 Å². The van der Waals surface area contributed by atoms with E-state index in [4.69, 9.17) is 0 Å². The molecule has 0 atom stereocenters. The van der Waals surface area contributed by atoms with Gasteiger partial charge in [-0.1, -0.05) is 55.1 Å². The Morgan fingerprint density at radius 2 is 2.06 bits per heavy atom. The van der Waals surface area contributed by atoms with E-state index in [0.717, 1.165) is 35.3 Å². The first kappa shape index (κ1) is 12.9. The first-order valence-corrected chi connectivity index (χ1v) is 7.07. The van der Waals surface area contributed by atoms with Gasteiger partial charge in [-0.3, -0.25) is 0 Å². The van der Waals surface area contributed by atoms with Crippen LogP contribution in [0.1, 0.15) is 13.3 Å². The Morgan fingerprint density at radius 3 is 2.72 bits per heavy atom. The summed E-state index contributed by atoms with van der Waals surface area (Å²) in [5.74, 6) is 1.81. The molecule has 0 aliphatic rings. The van der Waals surface area contributed by atoms with Gasteiger partial charge < -0.3 is 4.57 Å². The molecule has 2 aromatic rings. The third-order valence-electron chi connectivity index (χ3n) is 2.53. The molecule has 2 rings (SSSR count). The second kappa shape index (κ2) is 6.40. The molecule has 0 fully saturated rings. The number of aromatic nitrogens is 3. The van der Waals surface area contributed by atoms with Crippen LogP contribution in [0.25, 0.3) is 11.4 Å². The minimum Gasteiger partial charge on any atom is -0.302 e. The molecular formula is C14H17N3S. The number of nitrogens with zero attached hydrogens (tertiary/aromatic N) is 3. The summed E-state index contributed by atoms with van der Waals surface area (Å²) in [5, 5.41) is 9.56. The maximum atomic E-state index is 4.32. The zero-order valence-corrected chi connectivity index (χ0v) is 11.4. The average Bonchev–Trinajstić information content (AvgIpc) is 2.81. The van der Waals surface area contributed by atoms with Crippen LogP contribution in [0.3, 0.4) is 0 Å². The summed E-state index contributed by atoms with van der Waals surface area (Å²) in [6.07, 6.45) is 2.96. The molecule has 1 aromatic carbocycles. The largest absolute Gasteiger partial charge is 0.302 e. The first-order chi connectivity index (χ1) is 8.86. The van der Waals surface area contributed by atoms with E-state index in [1.807, 2.05) is 24.3 Å². The summed E-state index contributed by atoms with van der Waals surface area (Å²) < 4.78 is 2.18. The predicted octanol–water partition coefficient (Wildman–Crippen LogP) is 3.63. The van der Waals surface area contributed by atoms with Crippen LogP contribution in [-0.2, 0) is 6.54 Å². The second-order valence-corrected chi connectivity index (χ2v) is 4.91. The van der Waals surface area contributed by atoms with Gasteiger partial charge in [0.15, 0.2) is 11.0 Å². The summed E-state index contributed by atoms with van der Waals surface area (Å²) in [5.41, 5.74) is 1.11. The summed E-state index contributed by atoms with van der Waals surface area (Å²) in [6.45, 7) is 6.84. The van der Waals surface area contributed by atoms with Gasteiger partial charge in [-0.15, -0.1) is 16.8 Å². The molecule has 4 heteroatoms. The summed E-state index contributed by atoms with van der Waals surface area (Å²) in [6, 6.07) is 10.2. The van der Waals surface area contributed by atoms with Gasteiger partial charge in [0.05, 0.1) is 0 Å². The fourth-order valence-electron chi connectivity index (χ4n) is 1.75. The Kier molecular flexibility index (Phi) is 4.59. The third kappa shape index (κ3) is 2.82. The lowest BCUT2D eigenvalue weighted by Crippen LogP contribution is -2.01. The quantitative estimate of drug-likeness (QED) is 0.586. The summed E-state index contributed by atoms with van der Waals surface area (Å²) in [7, 11) is 0. The average molecular weight is 259 g/mol. The molecule has 0 saturated carbocycles. The molecule has 0 aliphatic heterocycles. The highest BCUT2D eigenvalue weighted by atomic mass is 32.2. The SMILES string of the molecule is C=CCSc1nnc(-c2ccccc2)n1CCC. The maximum Gasteiger partial charge on any atom is 0.191 e. The van der Waals surface area contributed by atoms with Crippen molar-refractivity contribution >= 4 is 11.8 Å². The fraction of sp³-hybridized carbons (Fsp3) is 0.286. The van der Waals surface area contributed by atoms with Crippen LogP contribution < -0.4 is 0 Å². The minimum absolute atomic E-state index is 0.858. The normalized spacial score (nSPS) is 10.5. The minimum atomic E-state index is 0.858. The molecule has 0 bridgehead atoms. The van der Waals surface area contributed by atoms with Crippen LogP contribution >= 0.6 is 11.8 Å². The first-order valence-electron chi connectivity index (χ1n) is 6.09. The molecule has 0 amide bonds. The van der Waals surface area contributed by atoms with E-state index in [-0.39, 0.29) is 0 Å². The van der Waals surface area contributed by atoms with Crippen LogP contribution in [-0.4, -0.2) is 20.5 Å². The molecule has 0 aliphatic carbocycles. The van der Waals surface area contributed by atoms with E-state index in [1.54, 1.807) is 11.8 Å². The lowest BCUT2D eigenvalue weighted by Gasteiger charge is -2.07. The van der Waals surface area contributed by atoms with Gasteiger partial charge in [0.25, 0.3) is 0 Å². The molecule has 0 saturated heterocycles. The van der Waals surface area contributed by atoms with Gasteiger partial charge in [-0.05, 0) is 6.42 Å². The van der Waals surface area contributed by atoms with Gasteiger partial charge in [-0.25, -0.2) is 0 Å². The molecule has 0 radical (unpaired) electrons. The number of hydrogen-bond acceptors (Lipinski definition) is 3. The monoisotopic (exact) mass is 259 g/mol. The standard InChI is InChI=1S/C14H17N3S/c1-3-10-17-13(12-8-6-5-7-9-12)15-16-14(17)18-11-4-2/h4-9H,2-3,10-11H2,1H3. The van der Waals surface area contributed by atoms with Gasteiger partial charge in [-0.2, -0.15) is 0 Å². The summed E-state index contributed by atoms with van der Waals surface area (Å²) >= 11 is 1.67. The van der Waals surface area contributed by atoms with Crippen LogP contribution in [0.5, 0.6) is 0 Å². The van der Waals surface area contributed by atoms with Crippen LogP contribution in [0.4, 0.5) is 0 Å². The van der Waals surface area contributed by atoms with Crippen molar-refractivity contribution in [2.24, 2.45) is 0 Å². The number of thioether (sulfide) groups is 1.